The second-order valence-corrected chi connectivity index (χ2v) is 4.78. The van der Waals surface area contributed by atoms with Gasteiger partial charge in [0.25, 0.3) is 5.69 Å². The number of hydrazone groups is 1. The van der Waals surface area contributed by atoms with Crippen LogP contribution < -0.4 is 15.5 Å². The number of nitrogens with zero attached hydrogens (tertiary/aromatic N) is 2. The summed E-state index contributed by atoms with van der Waals surface area (Å²) in [6.07, 6.45) is 1.58. The molecule has 7 nitrogen and oxygen atoms in total. The van der Waals surface area contributed by atoms with Crippen molar-refractivity contribution in [2.45, 2.75) is 0 Å². The molecule has 2 aromatic carbocycles. The van der Waals surface area contributed by atoms with Gasteiger partial charge in [-0.2, -0.15) is 5.10 Å². The third-order valence-electron chi connectivity index (χ3n) is 2.84. The van der Waals surface area contributed by atoms with E-state index in [0.717, 1.165) is 11.3 Å². The van der Waals surface area contributed by atoms with Crippen molar-refractivity contribution in [2.75, 3.05) is 12.4 Å². The Hall–Kier alpha value is -3.00. The molecule has 0 unspecified atom stereocenters. The number of nitro benzene ring substituents is 1. The number of methoxy groups -OCH3 is 1. The number of hydrogen-bond donors (Lipinski definition) is 2. The summed E-state index contributed by atoms with van der Waals surface area (Å²) in [5.41, 5.74) is 3.70. The van der Waals surface area contributed by atoms with Crippen LogP contribution in [0.2, 0.25) is 0 Å². The average molecular weight is 330 g/mol. The number of hydrogen-bond acceptors (Lipinski definition) is 5. The topological polar surface area (TPSA) is 88.8 Å². The molecule has 0 spiro atoms. The zero-order valence-corrected chi connectivity index (χ0v) is 13.0. The summed E-state index contributed by atoms with van der Waals surface area (Å²) in [5, 5.41) is 17.8. The number of para-hydroxylation sites is 2. The monoisotopic (exact) mass is 330 g/mol. The van der Waals surface area contributed by atoms with Gasteiger partial charge in [-0.1, -0.05) is 12.1 Å². The molecule has 0 aliphatic carbocycles. The molecule has 0 bridgehead atoms. The molecule has 0 aliphatic rings. The van der Waals surface area contributed by atoms with Gasteiger partial charge < -0.3 is 10.1 Å². The molecule has 0 aliphatic heterocycles. The molecule has 8 heteroatoms. The molecule has 2 rings (SSSR count). The zero-order chi connectivity index (χ0) is 16.7. The highest BCUT2D eigenvalue weighted by Gasteiger charge is 2.12. The quantitative estimate of drug-likeness (QED) is 0.379. The van der Waals surface area contributed by atoms with E-state index in [0.29, 0.717) is 5.69 Å². The molecule has 0 heterocycles. The number of nitrogens with one attached hydrogen (secondary N) is 2. The molecular weight excluding hydrogens is 316 g/mol. The molecule has 0 atom stereocenters. The van der Waals surface area contributed by atoms with Crippen LogP contribution in [0.15, 0.2) is 53.6 Å². The van der Waals surface area contributed by atoms with Crippen molar-refractivity contribution >= 4 is 34.9 Å². The van der Waals surface area contributed by atoms with Crippen molar-refractivity contribution in [3.05, 3.63) is 64.2 Å². The maximum absolute atomic E-state index is 10.9. The highest BCUT2D eigenvalue weighted by molar-refractivity contribution is 7.80. The molecule has 0 aromatic heterocycles. The Balaban J connectivity index is 1.94. The summed E-state index contributed by atoms with van der Waals surface area (Å²) in [6.45, 7) is 0. The van der Waals surface area contributed by atoms with E-state index in [9.17, 15) is 10.1 Å². The van der Waals surface area contributed by atoms with Crippen LogP contribution in [0.1, 0.15) is 5.56 Å². The number of anilines is 1. The van der Waals surface area contributed by atoms with Crippen LogP contribution in [0.5, 0.6) is 5.75 Å². The lowest BCUT2D eigenvalue weighted by atomic mass is 10.2. The van der Waals surface area contributed by atoms with Crippen molar-refractivity contribution in [3.63, 3.8) is 0 Å². The van der Waals surface area contributed by atoms with E-state index >= 15 is 0 Å². The molecule has 0 saturated carbocycles. The van der Waals surface area contributed by atoms with E-state index in [4.69, 9.17) is 17.0 Å². The van der Waals surface area contributed by atoms with Crippen LogP contribution in [-0.4, -0.2) is 23.4 Å². The predicted octanol–water partition coefficient (Wildman–Crippen LogP) is 2.92. The van der Waals surface area contributed by atoms with E-state index in [-0.39, 0.29) is 10.8 Å². The molecule has 0 radical (unpaired) electrons. The molecule has 0 fully saturated rings. The maximum Gasteiger partial charge on any atom is 0.292 e. The van der Waals surface area contributed by atoms with Gasteiger partial charge in [0.15, 0.2) is 5.11 Å². The van der Waals surface area contributed by atoms with Crippen LogP contribution in [0, 0.1) is 10.1 Å². The highest BCUT2D eigenvalue weighted by atomic mass is 32.1. The first-order valence-corrected chi connectivity index (χ1v) is 6.98. The Morgan fingerprint density at radius 2 is 1.96 bits per heavy atom. The summed E-state index contributed by atoms with van der Waals surface area (Å²) in [6, 6.07) is 13.5. The number of benzene rings is 2. The van der Waals surface area contributed by atoms with Gasteiger partial charge in [-0.25, -0.2) is 0 Å². The van der Waals surface area contributed by atoms with Crippen molar-refractivity contribution in [1.82, 2.24) is 5.43 Å². The minimum Gasteiger partial charge on any atom is -0.497 e. The third kappa shape index (κ3) is 4.75. The highest BCUT2D eigenvalue weighted by Crippen LogP contribution is 2.22. The zero-order valence-electron chi connectivity index (χ0n) is 12.2. The lowest BCUT2D eigenvalue weighted by Gasteiger charge is -2.07. The molecule has 118 valence electrons. The van der Waals surface area contributed by atoms with Crippen LogP contribution >= 0.6 is 12.2 Å². The normalized spacial score (nSPS) is 10.3. The van der Waals surface area contributed by atoms with Gasteiger partial charge in [0, 0.05) is 6.07 Å². The van der Waals surface area contributed by atoms with Gasteiger partial charge in [-0.3, -0.25) is 15.5 Å². The van der Waals surface area contributed by atoms with Crippen LogP contribution in [0.3, 0.4) is 0 Å². The lowest BCUT2D eigenvalue weighted by Crippen LogP contribution is -2.24. The van der Waals surface area contributed by atoms with Crippen molar-refractivity contribution < 1.29 is 9.66 Å². The molecular formula is C15H14N4O3S. The van der Waals surface area contributed by atoms with E-state index in [1.54, 1.807) is 31.5 Å². The second-order valence-electron chi connectivity index (χ2n) is 4.37. The first kappa shape index (κ1) is 16.4. The molecule has 2 aromatic rings. The summed E-state index contributed by atoms with van der Waals surface area (Å²) >= 11 is 5.06. The second kappa shape index (κ2) is 7.85. The van der Waals surface area contributed by atoms with Gasteiger partial charge in [0.1, 0.15) is 11.4 Å². The van der Waals surface area contributed by atoms with E-state index < -0.39 is 4.92 Å². The van der Waals surface area contributed by atoms with Crippen LogP contribution in [0.4, 0.5) is 11.4 Å². The molecule has 0 amide bonds. The van der Waals surface area contributed by atoms with Crippen molar-refractivity contribution in [3.8, 4) is 5.75 Å². The van der Waals surface area contributed by atoms with Gasteiger partial charge in [0.2, 0.25) is 0 Å². The van der Waals surface area contributed by atoms with E-state index in [1.165, 1.54) is 6.07 Å². The Kier molecular flexibility index (Phi) is 5.59. The Labute approximate surface area is 138 Å². The largest absolute Gasteiger partial charge is 0.497 e. The van der Waals surface area contributed by atoms with E-state index in [1.807, 2.05) is 24.3 Å². The van der Waals surface area contributed by atoms with Gasteiger partial charge in [-0.05, 0) is 48.1 Å². The Bertz CT molecular complexity index is 732. The molecule has 2 N–H and O–H groups in total. The molecule has 0 saturated heterocycles. The summed E-state index contributed by atoms with van der Waals surface area (Å²) in [7, 11) is 1.59. The van der Waals surface area contributed by atoms with Gasteiger partial charge in [-0.15, -0.1) is 0 Å². The van der Waals surface area contributed by atoms with Crippen molar-refractivity contribution in [2.24, 2.45) is 5.10 Å². The Morgan fingerprint density at radius 1 is 1.26 bits per heavy atom. The minimum absolute atomic E-state index is 0.0595. The predicted molar refractivity (Wildman–Crippen MR) is 93.0 cm³/mol. The summed E-state index contributed by atoms with van der Waals surface area (Å²) in [5.74, 6) is 0.753. The van der Waals surface area contributed by atoms with Gasteiger partial charge in [0.05, 0.1) is 18.2 Å². The standard InChI is InChI=1S/C15H14N4O3S/c1-22-12-8-6-11(7-9-12)10-16-18-15(23)17-13-4-2-3-5-14(13)19(20)21/h2-10H,1H3,(H2,17,18,23)/b16-10-. The maximum atomic E-state index is 10.9. The van der Waals surface area contributed by atoms with E-state index in [2.05, 4.69) is 15.8 Å². The first-order chi connectivity index (χ1) is 11.1. The number of nitro groups is 1. The molecule has 23 heavy (non-hydrogen) atoms. The SMILES string of the molecule is COc1ccc(/C=N\NC(=S)Nc2ccccc2[N+](=O)[O-])cc1. The fourth-order valence-electron chi connectivity index (χ4n) is 1.74. The average Bonchev–Trinajstić information content (AvgIpc) is 2.56. The number of thiocarbonyl (C=S) groups is 1. The summed E-state index contributed by atoms with van der Waals surface area (Å²) < 4.78 is 5.06. The van der Waals surface area contributed by atoms with Crippen LogP contribution in [0.25, 0.3) is 0 Å². The first-order valence-electron chi connectivity index (χ1n) is 6.57. The smallest absolute Gasteiger partial charge is 0.292 e. The fraction of sp³-hybridized carbons (Fsp3) is 0.0667. The van der Waals surface area contributed by atoms with Gasteiger partial charge >= 0.3 is 0 Å². The number of rotatable bonds is 5. The lowest BCUT2D eigenvalue weighted by molar-refractivity contribution is -0.383. The van der Waals surface area contributed by atoms with Crippen molar-refractivity contribution in [1.29, 1.82) is 0 Å². The van der Waals surface area contributed by atoms with Crippen LogP contribution in [-0.2, 0) is 0 Å². The fourth-order valence-corrected chi connectivity index (χ4v) is 1.91. The summed E-state index contributed by atoms with van der Waals surface area (Å²) in [4.78, 5) is 10.4. The third-order valence-corrected chi connectivity index (χ3v) is 3.04. The number of ether oxygens (including phenoxy) is 1. The Morgan fingerprint density at radius 3 is 2.61 bits per heavy atom. The minimum atomic E-state index is -0.481.